The second-order valence-electron chi connectivity index (χ2n) is 4.03. The first-order chi connectivity index (χ1) is 6.66. The topological polar surface area (TPSA) is 17.1 Å². The Balaban J connectivity index is 2.20. The minimum atomic E-state index is 0.243. The Labute approximate surface area is 89.1 Å². The van der Waals surface area contributed by atoms with Gasteiger partial charge in [-0.3, -0.25) is 4.79 Å². The predicted octanol–water partition coefficient (Wildman–Crippen LogP) is 3.63. The van der Waals surface area contributed by atoms with E-state index < -0.39 is 0 Å². The summed E-state index contributed by atoms with van der Waals surface area (Å²) in [6.45, 7) is 1.95. The maximum Gasteiger partial charge on any atom is 0.163 e. The fourth-order valence-corrected chi connectivity index (χ4v) is 1.76. The van der Waals surface area contributed by atoms with E-state index in [2.05, 4.69) is 0 Å². The zero-order valence-electron chi connectivity index (χ0n) is 8.22. The number of hydrogen-bond donors (Lipinski definition) is 0. The molecule has 1 fully saturated rings. The van der Waals surface area contributed by atoms with Gasteiger partial charge in [-0.05, 0) is 43.4 Å². The van der Waals surface area contributed by atoms with E-state index in [-0.39, 0.29) is 5.78 Å². The molecule has 1 nitrogen and oxygen atoms in total. The van der Waals surface area contributed by atoms with Gasteiger partial charge in [0.2, 0.25) is 0 Å². The molecule has 0 heterocycles. The van der Waals surface area contributed by atoms with Crippen molar-refractivity contribution in [2.75, 3.05) is 0 Å². The van der Waals surface area contributed by atoms with Gasteiger partial charge in [0.25, 0.3) is 0 Å². The minimum absolute atomic E-state index is 0.243. The smallest absolute Gasteiger partial charge is 0.163 e. The van der Waals surface area contributed by atoms with Crippen molar-refractivity contribution in [1.29, 1.82) is 0 Å². The Bertz CT molecular complexity index is 367. The van der Waals surface area contributed by atoms with Crippen LogP contribution in [0.2, 0.25) is 5.02 Å². The summed E-state index contributed by atoms with van der Waals surface area (Å²) in [4.78, 5) is 11.8. The van der Waals surface area contributed by atoms with Crippen LogP contribution in [-0.2, 0) is 0 Å². The molecule has 0 atom stereocenters. The fourth-order valence-electron chi connectivity index (χ4n) is 1.59. The van der Waals surface area contributed by atoms with Crippen LogP contribution < -0.4 is 0 Å². The van der Waals surface area contributed by atoms with Crippen LogP contribution in [0.1, 0.15) is 35.2 Å². The Morgan fingerprint density at radius 3 is 2.86 bits per heavy atom. The third kappa shape index (κ3) is 2.16. The van der Waals surface area contributed by atoms with Crippen LogP contribution in [0.5, 0.6) is 0 Å². The van der Waals surface area contributed by atoms with Crippen molar-refractivity contribution < 1.29 is 4.79 Å². The number of ketones is 1. The van der Waals surface area contributed by atoms with E-state index >= 15 is 0 Å². The van der Waals surface area contributed by atoms with E-state index in [0.29, 0.717) is 17.4 Å². The maximum absolute atomic E-state index is 11.8. The number of halogens is 1. The van der Waals surface area contributed by atoms with Crippen molar-refractivity contribution in [2.45, 2.75) is 26.2 Å². The molecule has 0 unspecified atom stereocenters. The largest absolute Gasteiger partial charge is 0.294 e. The average molecular weight is 209 g/mol. The highest BCUT2D eigenvalue weighted by Crippen LogP contribution is 2.34. The van der Waals surface area contributed by atoms with Crippen molar-refractivity contribution in [3.63, 3.8) is 0 Å². The summed E-state index contributed by atoms with van der Waals surface area (Å²) in [5, 5.41) is 0.648. The lowest BCUT2D eigenvalue weighted by Crippen LogP contribution is -2.02. The van der Waals surface area contributed by atoms with Crippen LogP contribution in [0.25, 0.3) is 0 Å². The van der Waals surface area contributed by atoms with Gasteiger partial charge in [0.15, 0.2) is 5.78 Å². The van der Waals surface area contributed by atoms with Gasteiger partial charge in [-0.2, -0.15) is 0 Å². The summed E-state index contributed by atoms with van der Waals surface area (Å²) in [5.41, 5.74) is 1.82. The standard InChI is InChI=1S/C12H13ClO/c1-8-2-5-10(13)7-11(8)12(14)6-9-3-4-9/h2,5,7,9H,3-4,6H2,1H3. The van der Waals surface area contributed by atoms with Gasteiger partial charge in [0.1, 0.15) is 0 Å². The third-order valence-electron chi connectivity index (χ3n) is 2.67. The number of Topliss-reactive ketones (excluding diaryl/α,β-unsaturated/α-hetero) is 1. The summed E-state index contributed by atoms with van der Waals surface area (Å²) in [5.74, 6) is 0.883. The van der Waals surface area contributed by atoms with Gasteiger partial charge in [-0.1, -0.05) is 17.7 Å². The van der Waals surface area contributed by atoms with E-state index in [1.54, 1.807) is 6.07 Å². The molecule has 74 valence electrons. The SMILES string of the molecule is Cc1ccc(Cl)cc1C(=O)CC1CC1. The first kappa shape index (κ1) is 9.72. The molecule has 0 aromatic heterocycles. The number of carbonyl (C=O) groups excluding carboxylic acids is 1. The number of aryl methyl sites for hydroxylation is 1. The van der Waals surface area contributed by atoms with E-state index in [4.69, 9.17) is 11.6 Å². The molecule has 0 N–H and O–H groups in total. The highest BCUT2D eigenvalue weighted by molar-refractivity contribution is 6.31. The van der Waals surface area contributed by atoms with E-state index in [9.17, 15) is 4.79 Å². The van der Waals surface area contributed by atoms with Gasteiger partial charge < -0.3 is 0 Å². The van der Waals surface area contributed by atoms with Crippen molar-refractivity contribution in [3.05, 3.63) is 34.3 Å². The van der Waals surface area contributed by atoms with Crippen LogP contribution in [0.15, 0.2) is 18.2 Å². The van der Waals surface area contributed by atoms with Crippen LogP contribution in [0, 0.1) is 12.8 Å². The predicted molar refractivity (Wildman–Crippen MR) is 57.9 cm³/mol. The summed E-state index contributed by atoms with van der Waals surface area (Å²) in [6, 6.07) is 5.51. The normalized spacial score (nSPS) is 15.6. The molecule has 1 aromatic rings. The Morgan fingerprint density at radius 1 is 1.50 bits per heavy atom. The van der Waals surface area contributed by atoms with Gasteiger partial charge in [0.05, 0.1) is 0 Å². The minimum Gasteiger partial charge on any atom is -0.294 e. The second-order valence-corrected chi connectivity index (χ2v) is 4.47. The fraction of sp³-hybridized carbons (Fsp3) is 0.417. The van der Waals surface area contributed by atoms with Crippen LogP contribution >= 0.6 is 11.6 Å². The third-order valence-corrected chi connectivity index (χ3v) is 2.91. The molecule has 1 aromatic carbocycles. The average Bonchev–Trinajstić information content (AvgIpc) is 2.93. The molecule has 0 aliphatic heterocycles. The molecule has 0 bridgehead atoms. The monoisotopic (exact) mass is 208 g/mol. The molecule has 1 saturated carbocycles. The van der Waals surface area contributed by atoms with E-state index in [1.807, 2.05) is 19.1 Å². The van der Waals surface area contributed by atoms with E-state index in [0.717, 1.165) is 11.1 Å². The van der Waals surface area contributed by atoms with Gasteiger partial charge in [0, 0.05) is 17.0 Å². The Morgan fingerprint density at radius 2 is 2.21 bits per heavy atom. The van der Waals surface area contributed by atoms with Crippen LogP contribution in [0.4, 0.5) is 0 Å². The molecule has 14 heavy (non-hydrogen) atoms. The first-order valence-electron chi connectivity index (χ1n) is 4.96. The van der Waals surface area contributed by atoms with Gasteiger partial charge >= 0.3 is 0 Å². The summed E-state index contributed by atoms with van der Waals surface area (Å²) in [7, 11) is 0. The zero-order valence-corrected chi connectivity index (χ0v) is 8.97. The van der Waals surface area contributed by atoms with Crippen LogP contribution in [0.3, 0.4) is 0 Å². The first-order valence-corrected chi connectivity index (χ1v) is 5.34. The van der Waals surface area contributed by atoms with Crippen LogP contribution in [-0.4, -0.2) is 5.78 Å². The molecule has 0 saturated heterocycles. The highest BCUT2D eigenvalue weighted by Gasteiger charge is 2.25. The van der Waals surface area contributed by atoms with Crippen molar-refractivity contribution in [1.82, 2.24) is 0 Å². The second kappa shape index (κ2) is 3.74. The summed E-state index contributed by atoms with van der Waals surface area (Å²) < 4.78 is 0. The van der Waals surface area contributed by atoms with Crippen molar-refractivity contribution in [3.8, 4) is 0 Å². The number of hydrogen-bond acceptors (Lipinski definition) is 1. The van der Waals surface area contributed by atoms with Gasteiger partial charge in [-0.25, -0.2) is 0 Å². The highest BCUT2D eigenvalue weighted by atomic mass is 35.5. The summed E-state index contributed by atoms with van der Waals surface area (Å²) >= 11 is 5.86. The lowest BCUT2D eigenvalue weighted by Gasteiger charge is -2.04. The zero-order chi connectivity index (χ0) is 10.1. The number of rotatable bonds is 3. The van der Waals surface area contributed by atoms with Gasteiger partial charge in [-0.15, -0.1) is 0 Å². The number of carbonyl (C=O) groups is 1. The number of benzene rings is 1. The lowest BCUT2D eigenvalue weighted by molar-refractivity contribution is 0.0975. The quantitative estimate of drug-likeness (QED) is 0.694. The van der Waals surface area contributed by atoms with E-state index in [1.165, 1.54) is 12.8 Å². The molecule has 0 radical (unpaired) electrons. The molecular formula is C12H13ClO. The molecule has 2 rings (SSSR count). The molecule has 0 spiro atoms. The molecule has 0 amide bonds. The molecule has 1 aliphatic carbocycles. The van der Waals surface area contributed by atoms with Crippen molar-refractivity contribution >= 4 is 17.4 Å². The molecular weight excluding hydrogens is 196 g/mol. The maximum atomic E-state index is 11.8. The van der Waals surface area contributed by atoms with Crippen molar-refractivity contribution in [2.24, 2.45) is 5.92 Å². The molecule has 1 aliphatic rings. The summed E-state index contributed by atoms with van der Waals surface area (Å²) in [6.07, 6.45) is 3.12. The Kier molecular flexibility index (Phi) is 2.60. The molecule has 2 heteroatoms. The lowest BCUT2D eigenvalue weighted by atomic mass is 10.0. The Hall–Kier alpha value is -0.820.